The minimum absolute atomic E-state index is 0.0761. The first-order chi connectivity index (χ1) is 11.5. The lowest BCUT2D eigenvalue weighted by molar-refractivity contribution is -0.120. The van der Waals surface area contributed by atoms with E-state index in [1.807, 2.05) is 0 Å². The summed E-state index contributed by atoms with van der Waals surface area (Å²) >= 11 is 0. The van der Waals surface area contributed by atoms with Crippen LogP contribution in [0.1, 0.15) is 13.3 Å². The Labute approximate surface area is 142 Å². The van der Waals surface area contributed by atoms with Crippen LogP contribution in [-0.4, -0.2) is 67.4 Å². The third-order valence-electron chi connectivity index (χ3n) is 4.29. The van der Waals surface area contributed by atoms with Crippen molar-refractivity contribution in [3.8, 4) is 0 Å². The summed E-state index contributed by atoms with van der Waals surface area (Å²) in [5.74, 6) is -0.934. The molecule has 2 amide bonds. The zero-order valence-corrected chi connectivity index (χ0v) is 14.1. The topological polar surface area (TPSA) is 69.9 Å². The lowest BCUT2D eigenvalue weighted by Gasteiger charge is -2.34. The fourth-order valence-electron chi connectivity index (χ4n) is 2.78. The minimum Gasteiger partial charge on any atom is -0.370 e. The number of amides is 2. The van der Waals surface area contributed by atoms with Crippen molar-refractivity contribution in [3.63, 3.8) is 0 Å². The monoisotopic (exact) mass is 336 g/mol. The Kier molecular flexibility index (Phi) is 6.69. The highest BCUT2D eigenvalue weighted by Gasteiger charge is 2.22. The van der Waals surface area contributed by atoms with Crippen LogP contribution in [0.25, 0.3) is 0 Å². The summed E-state index contributed by atoms with van der Waals surface area (Å²) in [5.41, 5.74) is 5.78. The third-order valence-corrected chi connectivity index (χ3v) is 4.29. The van der Waals surface area contributed by atoms with E-state index in [0.29, 0.717) is 5.69 Å². The standard InChI is InChI=1S/C17H25FN4O2/c1-2-20-9-11-21(12-10-20)13-17(24)22(8-7-16(19)23)15-5-3-14(18)4-6-15/h3-6H,2,7-13H2,1H3,(H2,19,23). The molecule has 24 heavy (non-hydrogen) atoms. The van der Waals surface area contributed by atoms with Crippen LogP contribution in [0, 0.1) is 5.82 Å². The molecule has 2 rings (SSSR count). The van der Waals surface area contributed by atoms with Gasteiger partial charge in [0.2, 0.25) is 11.8 Å². The highest BCUT2D eigenvalue weighted by molar-refractivity contribution is 5.95. The van der Waals surface area contributed by atoms with Gasteiger partial charge in [-0.2, -0.15) is 0 Å². The van der Waals surface area contributed by atoms with Crippen LogP contribution in [0.5, 0.6) is 0 Å². The Hall–Kier alpha value is -1.99. The van der Waals surface area contributed by atoms with Crippen LogP contribution in [0.4, 0.5) is 10.1 Å². The van der Waals surface area contributed by atoms with E-state index in [2.05, 4.69) is 16.7 Å². The summed E-state index contributed by atoms with van der Waals surface area (Å²) in [6, 6.07) is 5.70. The summed E-state index contributed by atoms with van der Waals surface area (Å²) in [6.07, 6.45) is 0.0761. The number of hydrogen-bond acceptors (Lipinski definition) is 4. The molecule has 0 spiro atoms. The Balaban J connectivity index is 2.01. The van der Waals surface area contributed by atoms with Crippen molar-refractivity contribution >= 4 is 17.5 Å². The van der Waals surface area contributed by atoms with Gasteiger partial charge >= 0.3 is 0 Å². The molecule has 0 aliphatic carbocycles. The number of carbonyl (C=O) groups is 2. The van der Waals surface area contributed by atoms with Crippen LogP contribution < -0.4 is 10.6 Å². The van der Waals surface area contributed by atoms with Crippen molar-refractivity contribution in [1.29, 1.82) is 0 Å². The molecule has 1 saturated heterocycles. The Bertz CT molecular complexity index is 556. The number of anilines is 1. The molecule has 1 aromatic carbocycles. The number of likely N-dealkylation sites (N-methyl/N-ethyl adjacent to an activating group) is 1. The Morgan fingerprint density at radius 3 is 2.25 bits per heavy atom. The fourth-order valence-corrected chi connectivity index (χ4v) is 2.78. The van der Waals surface area contributed by atoms with E-state index in [4.69, 9.17) is 5.73 Å². The first kappa shape index (κ1) is 18.4. The van der Waals surface area contributed by atoms with Crippen molar-refractivity contribution in [2.75, 3.05) is 50.7 Å². The number of nitrogens with zero attached hydrogens (tertiary/aromatic N) is 3. The highest BCUT2D eigenvalue weighted by atomic mass is 19.1. The summed E-state index contributed by atoms with van der Waals surface area (Å²) < 4.78 is 13.1. The second-order valence-corrected chi connectivity index (χ2v) is 5.95. The van der Waals surface area contributed by atoms with Crippen molar-refractivity contribution < 1.29 is 14.0 Å². The summed E-state index contributed by atoms with van der Waals surface area (Å²) in [7, 11) is 0. The molecule has 0 bridgehead atoms. The molecule has 2 N–H and O–H groups in total. The molecule has 1 aliphatic heterocycles. The van der Waals surface area contributed by atoms with Gasteiger partial charge in [-0.15, -0.1) is 0 Å². The van der Waals surface area contributed by atoms with E-state index >= 15 is 0 Å². The molecule has 1 fully saturated rings. The number of rotatable bonds is 7. The molecule has 132 valence electrons. The van der Waals surface area contributed by atoms with E-state index in [9.17, 15) is 14.0 Å². The number of hydrogen-bond donors (Lipinski definition) is 1. The predicted molar refractivity (Wildman–Crippen MR) is 91.1 cm³/mol. The van der Waals surface area contributed by atoms with E-state index in [-0.39, 0.29) is 31.2 Å². The van der Waals surface area contributed by atoms with Gasteiger partial charge in [0.1, 0.15) is 5.82 Å². The lowest BCUT2D eigenvalue weighted by atomic mass is 10.2. The Morgan fingerprint density at radius 2 is 1.71 bits per heavy atom. The molecule has 0 saturated carbocycles. The SMILES string of the molecule is CCN1CCN(CC(=O)N(CCC(N)=O)c2ccc(F)cc2)CC1. The molecule has 0 atom stereocenters. The van der Waals surface area contributed by atoms with Gasteiger partial charge in [0.05, 0.1) is 6.54 Å². The summed E-state index contributed by atoms with van der Waals surface area (Å²) in [4.78, 5) is 29.7. The van der Waals surface area contributed by atoms with E-state index in [1.54, 1.807) is 12.1 Å². The van der Waals surface area contributed by atoms with Gasteiger partial charge in [-0.1, -0.05) is 6.92 Å². The van der Waals surface area contributed by atoms with E-state index in [1.165, 1.54) is 17.0 Å². The number of carbonyl (C=O) groups excluding carboxylic acids is 2. The van der Waals surface area contributed by atoms with Crippen molar-refractivity contribution in [1.82, 2.24) is 9.80 Å². The van der Waals surface area contributed by atoms with Gasteiger partial charge < -0.3 is 15.5 Å². The number of halogens is 1. The van der Waals surface area contributed by atoms with Gasteiger partial charge in [-0.3, -0.25) is 14.5 Å². The number of nitrogens with two attached hydrogens (primary N) is 1. The van der Waals surface area contributed by atoms with Crippen molar-refractivity contribution in [2.45, 2.75) is 13.3 Å². The van der Waals surface area contributed by atoms with Gasteiger partial charge in [-0.05, 0) is 30.8 Å². The van der Waals surface area contributed by atoms with E-state index in [0.717, 1.165) is 32.7 Å². The average Bonchev–Trinajstić information content (AvgIpc) is 2.57. The van der Waals surface area contributed by atoms with Crippen molar-refractivity contribution in [3.05, 3.63) is 30.1 Å². The first-order valence-corrected chi connectivity index (χ1v) is 8.28. The largest absolute Gasteiger partial charge is 0.370 e. The van der Waals surface area contributed by atoms with Crippen LogP contribution in [-0.2, 0) is 9.59 Å². The van der Waals surface area contributed by atoms with Crippen LogP contribution in [0.3, 0.4) is 0 Å². The second kappa shape index (κ2) is 8.75. The first-order valence-electron chi connectivity index (χ1n) is 8.28. The zero-order valence-electron chi connectivity index (χ0n) is 14.1. The average molecular weight is 336 g/mol. The summed E-state index contributed by atoms with van der Waals surface area (Å²) in [5, 5.41) is 0. The van der Waals surface area contributed by atoms with Crippen molar-refractivity contribution in [2.24, 2.45) is 5.73 Å². The molecule has 6 nitrogen and oxygen atoms in total. The molecule has 1 aromatic rings. The minimum atomic E-state index is -0.466. The molecular weight excluding hydrogens is 311 g/mol. The van der Waals surface area contributed by atoms with Crippen LogP contribution in [0.15, 0.2) is 24.3 Å². The predicted octanol–water partition coefficient (Wildman–Crippen LogP) is 0.672. The van der Waals surface area contributed by atoms with Gasteiger partial charge in [0.25, 0.3) is 0 Å². The second-order valence-electron chi connectivity index (χ2n) is 5.95. The number of piperazine rings is 1. The summed E-state index contributed by atoms with van der Waals surface area (Å²) in [6.45, 7) is 7.20. The molecule has 1 aliphatic rings. The van der Waals surface area contributed by atoms with Gasteiger partial charge in [-0.25, -0.2) is 4.39 Å². The molecule has 0 unspecified atom stereocenters. The van der Waals surface area contributed by atoms with Crippen LogP contribution in [0.2, 0.25) is 0 Å². The number of primary amides is 1. The molecule has 1 heterocycles. The third kappa shape index (κ3) is 5.28. The molecule has 0 radical (unpaired) electrons. The zero-order chi connectivity index (χ0) is 17.5. The fraction of sp³-hybridized carbons (Fsp3) is 0.529. The number of benzene rings is 1. The molecule has 7 heteroatoms. The highest BCUT2D eigenvalue weighted by Crippen LogP contribution is 2.16. The maximum absolute atomic E-state index is 13.1. The maximum Gasteiger partial charge on any atom is 0.241 e. The maximum atomic E-state index is 13.1. The molecular formula is C17H25FN4O2. The molecule has 0 aromatic heterocycles. The lowest BCUT2D eigenvalue weighted by Crippen LogP contribution is -2.50. The van der Waals surface area contributed by atoms with E-state index < -0.39 is 5.91 Å². The smallest absolute Gasteiger partial charge is 0.241 e. The van der Waals surface area contributed by atoms with Gasteiger partial charge in [0, 0.05) is 44.8 Å². The quantitative estimate of drug-likeness (QED) is 0.795. The Morgan fingerprint density at radius 1 is 1.12 bits per heavy atom. The van der Waals surface area contributed by atoms with Crippen LogP contribution >= 0.6 is 0 Å². The van der Waals surface area contributed by atoms with Gasteiger partial charge in [0.15, 0.2) is 0 Å². The normalized spacial score (nSPS) is 16.1.